The Hall–Kier alpha value is -3.11. The van der Waals surface area contributed by atoms with Gasteiger partial charge in [-0.1, -0.05) is 18.2 Å². The molecule has 2 aromatic carbocycles. The number of nitrogens with one attached hydrogen (secondary N) is 1. The van der Waals surface area contributed by atoms with Gasteiger partial charge in [-0.2, -0.15) is 0 Å². The third-order valence-electron chi connectivity index (χ3n) is 6.33. The Morgan fingerprint density at radius 3 is 2.47 bits per heavy atom. The molecule has 4 rings (SSSR count). The van der Waals surface area contributed by atoms with Gasteiger partial charge in [-0.25, -0.2) is 9.37 Å². The molecule has 0 bridgehead atoms. The fraction of sp³-hybridized carbons (Fsp3) is 0.310. The number of anilines is 1. The lowest BCUT2D eigenvalue weighted by atomic mass is 9.75. The SMILES string of the molecule is CCNc1cc2c(cc1C)C(c1ccccc1C(=O)OCC)=C1C=C(C)C(=[N+](C)C)C=C1C2.[Cl-]. The fourth-order valence-electron chi connectivity index (χ4n) is 4.84. The molecule has 1 N–H and O–H groups in total. The first-order valence-corrected chi connectivity index (χ1v) is 11.7. The predicted molar refractivity (Wildman–Crippen MR) is 136 cm³/mol. The Kier molecular flexibility index (Phi) is 7.83. The van der Waals surface area contributed by atoms with Gasteiger partial charge in [0, 0.05) is 23.9 Å². The molecule has 4 nitrogen and oxygen atoms in total. The molecule has 5 heteroatoms. The zero-order valence-corrected chi connectivity index (χ0v) is 21.6. The molecule has 0 saturated heterocycles. The number of carbonyl (C=O) groups excluding carboxylic acids is 1. The van der Waals surface area contributed by atoms with E-state index in [9.17, 15) is 4.79 Å². The Morgan fingerprint density at radius 1 is 1.06 bits per heavy atom. The van der Waals surface area contributed by atoms with Crippen LogP contribution in [0, 0.1) is 6.92 Å². The van der Waals surface area contributed by atoms with Crippen LogP contribution < -0.4 is 17.7 Å². The molecule has 0 unspecified atom stereocenters. The zero-order chi connectivity index (χ0) is 23.7. The number of ether oxygens (including phenoxy) is 1. The summed E-state index contributed by atoms with van der Waals surface area (Å²) in [5.74, 6) is -0.281. The van der Waals surface area contributed by atoms with Crippen molar-refractivity contribution < 1.29 is 26.5 Å². The molecule has 0 fully saturated rings. The van der Waals surface area contributed by atoms with E-state index in [1.54, 1.807) is 0 Å². The summed E-state index contributed by atoms with van der Waals surface area (Å²) in [6.07, 6.45) is 5.43. The standard InChI is InChI=1S/C29H32N2O2.ClH/c1-7-30-26-16-20-15-21-17-27(31(5)6)19(4)14-25(21)28(24(20)13-18(26)3)22-11-9-10-12-23(22)29(32)33-8-2;/h9-14,16-17H,7-8,15H2,1-6H3;1H. The topological polar surface area (TPSA) is 41.3 Å². The van der Waals surface area contributed by atoms with Crippen molar-refractivity contribution in [2.75, 3.05) is 32.6 Å². The van der Waals surface area contributed by atoms with Crippen LogP contribution >= 0.6 is 0 Å². The summed E-state index contributed by atoms with van der Waals surface area (Å²) >= 11 is 0. The lowest BCUT2D eigenvalue weighted by molar-refractivity contribution is -0.463. The van der Waals surface area contributed by atoms with Crippen LogP contribution in [0.3, 0.4) is 0 Å². The molecule has 2 aliphatic rings. The van der Waals surface area contributed by atoms with Gasteiger partial charge in [0.25, 0.3) is 0 Å². The summed E-state index contributed by atoms with van der Waals surface area (Å²) in [7, 11) is 4.16. The summed E-state index contributed by atoms with van der Waals surface area (Å²) in [4.78, 5) is 12.9. The van der Waals surface area contributed by atoms with E-state index < -0.39 is 0 Å². The first kappa shape index (κ1) is 25.5. The average molecular weight is 477 g/mol. The lowest BCUT2D eigenvalue weighted by Gasteiger charge is -2.29. The minimum absolute atomic E-state index is 0. The number of fused-ring (bicyclic) bond motifs is 2. The maximum atomic E-state index is 12.9. The van der Waals surface area contributed by atoms with E-state index in [4.69, 9.17) is 4.74 Å². The molecular formula is C29H33ClN2O2. The summed E-state index contributed by atoms with van der Waals surface area (Å²) in [5.41, 5.74) is 12.4. The van der Waals surface area contributed by atoms with Gasteiger partial charge in [0.1, 0.15) is 14.1 Å². The predicted octanol–water partition coefficient (Wildman–Crippen LogP) is 2.56. The fourth-order valence-corrected chi connectivity index (χ4v) is 4.84. The van der Waals surface area contributed by atoms with Crippen LogP contribution in [-0.4, -0.2) is 43.5 Å². The number of rotatable bonds is 5. The van der Waals surface area contributed by atoms with Crippen molar-refractivity contribution in [1.29, 1.82) is 0 Å². The maximum absolute atomic E-state index is 12.9. The number of allylic oxidation sites excluding steroid dienone is 5. The van der Waals surface area contributed by atoms with E-state index in [-0.39, 0.29) is 18.4 Å². The van der Waals surface area contributed by atoms with Gasteiger partial charge in [0.15, 0.2) is 0 Å². The monoisotopic (exact) mass is 476 g/mol. The second-order valence-electron chi connectivity index (χ2n) is 8.86. The second-order valence-corrected chi connectivity index (χ2v) is 8.86. The van der Waals surface area contributed by atoms with Crippen molar-refractivity contribution >= 4 is 22.9 Å². The second kappa shape index (κ2) is 10.4. The van der Waals surface area contributed by atoms with Crippen LogP contribution in [0.4, 0.5) is 5.69 Å². The zero-order valence-electron chi connectivity index (χ0n) is 20.9. The van der Waals surface area contributed by atoms with Crippen molar-refractivity contribution in [1.82, 2.24) is 0 Å². The first-order valence-electron chi connectivity index (χ1n) is 11.7. The highest BCUT2D eigenvalue weighted by molar-refractivity contribution is 6.10. The van der Waals surface area contributed by atoms with Gasteiger partial charge in [-0.15, -0.1) is 0 Å². The Morgan fingerprint density at radius 2 is 1.79 bits per heavy atom. The number of esters is 1. The van der Waals surface area contributed by atoms with E-state index >= 15 is 0 Å². The van der Waals surface area contributed by atoms with Gasteiger partial charge in [-0.3, -0.25) is 0 Å². The molecule has 0 radical (unpaired) electrons. The average Bonchev–Trinajstić information content (AvgIpc) is 2.78. The smallest absolute Gasteiger partial charge is 0.338 e. The van der Waals surface area contributed by atoms with Crippen LogP contribution in [0.15, 0.2) is 65.3 Å². The van der Waals surface area contributed by atoms with E-state index in [1.807, 2.05) is 31.2 Å². The molecule has 0 aliphatic heterocycles. The number of halogens is 1. The number of benzene rings is 2. The van der Waals surface area contributed by atoms with Crippen molar-refractivity contribution in [3.63, 3.8) is 0 Å². The molecule has 34 heavy (non-hydrogen) atoms. The van der Waals surface area contributed by atoms with Gasteiger partial charge in [0.2, 0.25) is 5.71 Å². The van der Waals surface area contributed by atoms with Gasteiger partial charge in [-0.05, 0) is 97.4 Å². The third-order valence-corrected chi connectivity index (χ3v) is 6.33. The molecule has 0 atom stereocenters. The highest BCUT2D eigenvalue weighted by Crippen LogP contribution is 2.44. The first-order chi connectivity index (χ1) is 15.8. The minimum Gasteiger partial charge on any atom is -1.00 e. The van der Waals surface area contributed by atoms with Gasteiger partial charge < -0.3 is 22.5 Å². The van der Waals surface area contributed by atoms with Crippen LogP contribution in [0.25, 0.3) is 5.57 Å². The minimum atomic E-state index is -0.281. The quantitative estimate of drug-likeness (QED) is 0.532. The van der Waals surface area contributed by atoms with E-state index in [0.29, 0.717) is 12.2 Å². The number of hydrogen-bond acceptors (Lipinski definition) is 3. The van der Waals surface area contributed by atoms with Gasteiger partial charge >= 0.3 is 5.97 Å². The molecule has 0 spiro atoms. The van der Waals surface area contributed by atoms with E-state index in [2.05, 4.69) is 69.0 Å². The largest absolute Gasteiger partial charge is 1.00 e. The molecule has 178 valence electrons. The number of carbonyl (C=O) groups is 1. The maximum Gasteiger partial charge on any atom is 0.338 e. The lowest BCUT2D eigenvalue weighted by Crippen LogP contribution is -3.00. The molecule has 0 amide bonds. The van der Waals surface area contributed by atoms with Crippen LogP contribution in [-0.2, 0) is 11.2 Å². The molecular weight excluding hydrogens is 444 g/mol. The normalized spacial score (nSPS) is 14.4. The van der Waals surface area contributed by atoms with Crippen molar-refractivity contribution in [2.24, 2.45) is 0 Å². The van der Waals surface area contributed by atoms with Crippen molar-refractivity contribution in [3.8, 4) is 0 Å². The molecule has 0 saturated carbocycles. The molecule has 0 aromatic heterocycles. The molecule has 2 aromatic rings. The highest BCUT2D eigenvalue weighted by Gasteiger charge is 2.30. The number of nitrogens with zero attached hydrogens (tertiary/aromatic N) is 1. The van der Waals surface area contributed by atoms with Gasteiger partial charge in [0.05, 0.1) is 12.2 Å². The Bertz CT molecular complexity index is 1260. The summed E-state index contributed by atoms with van der Waals surface area (Å²) < 4.78 is 7.58. The third kappa shape index (κ3) is 4.60. The van der Waals surface area contributed by atoms with E-state index in [0.717, 1.165) is 29.8 Å². The summed E-state index contributed by atoms with van der Waals surface area (Å²) in [6, 6.07) is 12.4. The van der Waals surface area contributed by atoms with Crippen molar-refractivity contribution in [2.45, 2.75) is 34.1 Å². The van der Waals surface area contributed by atoms with Crippen LogP contribution in [0.1, 0.15) is 53.4 Å². The summed E-state index contributed by atoms with van der Waals surface area (Å²) in [6.45, 7) is 9.49. The van der Waals surface area contributed by atoms with E-state index in [1.165, 1.54) is 39.1 Å². The summed E-state index contributed by atoms with van der Waals surface area (Å²) in [5, 5.41) is 3.50. The van der Waals surface area contributed by atoms with Crippen LogP contribution in [0.2, 0.25) is 0 Å². The molecule has 0 heterocycles. The number of hydrogen-bond donors (Lipinski definition) is 1. The number of aryl methyl sites for hydroxylation is 1. The van der Waals surface area contributed by atoms with Crippen molar-refractivity contribution in [3.05, 3.63) is 93.1 Å². The highest BCUT2D eigenvalue weighted by atomic mass is 35.5. The Balaban J connectivity index is 0.00000324. The molecule has 2 aliphatic carbocycles. The Labute approximate surface area is 209 Å². The van der Waals surface area contributed by atoms with Crippen LogP contribution in [0.5, 0.6) is 0 Å².